The van der Waals surface area contributed by atoms with Crippen LogP contribution in [0.25, 0.3) is 11.4 Å². The molecule has 130 valence electrons. The molecule has 0 saturated heterocycles. The Bertz CT molecular complexity index is 858. The van der Waals surface area contributed by atoms with E-state index < -0.39 is 0 Å². The Morgan fingerprint density at radius 3 is 3.08 bits per heavy atom. The molecule has 3 heterocycles. The van der Waals surface area contributed by atoms with Gasteiger partial charge in [-0.1, -0.05) is 6.07 Å². The molecule has 1 aromatic carbocycles. The van der Waals surface area contributed by atoms with E-state index in [9.17, 15) is 0 Å². The van der Waals surface area contributed by atoms with Gasteiger partial charge >= 0.3 is 0 Å². The van der Waals surface area contributed by atoms with Crippen LogP contribution in [0.3, 0.4) is 0 Å². The van der Waals surface area contributed by atoms with E-state index in [1.54, 1.807) is 18.4 Å². The van der Waals surface area contributed by atoms with Crippen LogP contribution in [0.4, 0.5) is 0 Å². The van der Waals surface area contributed by atoms with Gasteiger partial charge in [0.15, 0.2) is 11.6 Å². The van der Waals surface area contributed by atoms with Gasteiger partial charge in [-0.15, -0.1) is 11.3 Å². The van der Waals surface area contributed by atoms with Crippen molar-refractivity contribution in [3.05, 3.63) is 52.0 Å². The van der Waals surface area contributed by atoms with E-state index in [1.807, 2.05) is 17.7 Å². The number of thiophene rings is 1. The minimum Gasteiger partial charge on any atom is -0.493 e. The van der Waals surface area contributed by atoms with Gasteiger partial charge in [0.2, 0.25) is 0 Å². The first-order valence-electron chi connectivity index (χ1n) is 8.50. The summed E-state index contributed by atoms with van der Waals surface area (Å²) in [5.41, 5.74) is 2.32. The molecule has 0 saturated carbocycles. The van der Waals surface area contributed by atoms with Crippen molar-refractivity contribution in [1.82, 2.24) is 14.8 Å². The van der Waals surface area contributed by atoms with Crippen molar-refractivity contribution in [3.63, 3.8) is 0 Å². The summed E-state index contributed by atoms with van der Waals surface area (Å²) < 4.78 is 13.1. The van der Waals surface area contributed by atoms with Crippen molar-refractivity contribution in [2.75, 3.05) is 13.7 Å². The summed E-state index contributed by atoms with van der Waals surface area (Å²) in [7, 11) is 1.68. The number of aromatic nitrogens is 3. The number of hydrogen-bond acceptors (Lipinski definition) is 5. The lowest BCUT2D eigenvalue weighted by Gasteiger charge is -2.17. The van der Waals surface area contributed by atoms with Crippen molar-refractivity contribution in [2.45, 2.75) is 32.4 Å². The zero-order valence-corrected chi connectivity index (χ0v) is 15.3. The number of benzene rings is 1. The molecule has 0 radical (unpaired) electrons. The molecule has 0 N–H and O–H groups in total. The van der Waals surface area contributed by atoms with E-state index in [0.29, 0.717) is 12.4 Å². The molecular formula is C19H21N3O2S. The number of rotatable bonds is 5. The maximum absolute atomic E-state index is 5.73. The fourth-order valence-electron chi connectivity index (χ4n) is 3.01. The monoisotopic (exact) mass is 355 g/mol. The molecule has 0 amide bonds. The lowest BCUT2D eigenvalue weighted by atomic mass is 10.0. The van der Waals surface area contributed by atoms with E-state index in [-0.39, 0.29) is 6.10 Å². The van der Waals surface area contributed by atoms with Gasteiger partial charge in [-0.25, -0.2) is 9.67 Å². The molecular weight excluding hydrogens is 334 g/mol. The van der Waals surface area contributed by atoms with Crippen LogP contribution in [-0.4, -0.2) is 28.5 Å². The second-order valence-corrected chi connectivity index (χ2v) is 7.22. The van der Waals surface area contributed by atoms with Crippen molar-refractivity contribution >= 4 is 11.3 Å². The predicted molar refractivity (Wildman–Crippen MR) is 98.1 cm³/mol. The molecule has 0 fully saturated rings. The molecule has 5 nitrogen and oxygen atoms in total. The molecule has 25 heavy (non-hydrogen) atoms. The highest BCUT2D eigenvalue weighted by molar-refractivity contribution is 7.09. The number of fused-ring (bicyclic) bond motifs is 1. The van der Waals surface area contributed by atoms with E-state index in [1.165, 1.54) is 10.4 Å². The Kier molecular flexibility index (Phi) is 4.55. The van der Waals surface area contributed by atoms with Gasteiger partial charge in [0.1, 0.15) is 11.9 Å². The van der Waals surface area contributed by atoms with Gasteiger partial charge in [0, 0.05) is 17.6 Å². The van der Waals surface area contributed by atoms with Crippen LogP contribution in [0.2, 0.25) is 0 Å². The lowest BCUT2D eigenvalue weighted by molar-refractivity contribution is 0.112. The predicted octanol–water partition coefficient (Wildman–Crippen LogP) is 4.09. The molecule has 1 atom stereocenters. The Morgan fingerprint density at radius 1 is 1.36 bits per heavy atom. The highest BCUT2D eigenvalue weighted by Crippen LogP contribution is 2.30. The average molecular weight is 355 g/mol. The summed E-state index contributed by atoms with van der Waals surface area (Å²) in [6.45, 7) is 3.48. The van der Waals surface area contributed by atoms with Gasteiger partial charge in [-0.2, -0.15) is 5.10 Å². The summed E-state index contributed by atoms with van der Waals surface area (Å²) >= 11 is 1.73. The second kappa shape index (κ2) is 6.98. The molecule has 0 bridgehead atoms. The first kappa shape index (κ1) is 16.3. The summed E-state index contributed by atoms with van der Waals surface area (Å²) in [6, 6.07) is 10.5. The summed E-state index contributed by atoms with van der Waals surface area (Å²) in [5.74, 6) is 2.58. The molecule has 1 unspecified atom stereocenters. The summed E-state index contributed by atoms with van der Waals surface area (Å²) in [4.78, 5) is 6.03. The van der Waals surface area contributed by atoms with Crippen LogP contribution in [-0.2, 0) is 17.7 Å². The van der Waals surface area contributed by atoms with Crippen molar-refractivity contribution in [1.29, 1.82) is 0 Å². The Labute approximate surface area is 151 Å². The second-order valence-electron chi connectivity index (χ2n) is 6.18. The topological polar surface area (TPSA) is 49.2 Å². The molecule has 2 aromatic heterocycles. The minimum absolute atomic E-state index is 0.135. The van der Waals surface area contributed by atoms with Gasteiger partial charge in [0.25, 0.3) is 0 Å². The standard InChI is InChI=1S/C19H21N3O2S/c1-13(23-2)18-20-19(22(21-18)12-16-6-4-10-25-16)15-7-8-17-14(11-15)5-3-9-24-17/h4,6-8,10-11,13H,3,5,9,12H2,1-2H3. The fourth-order valence-corrected chi connectivity index (χ4v) is 3.70. The van der Waals surface area contributed by atoms with E-state index >= 15 is 0 Å². The first-order valence-corrected chi connectivity index (χ1v) is 9.38. The van der Waals surface area contributed by atoms with Gasteiger partial charge in [-0.3, -0.25) is 0 Å². The molecule has 3 aromatic rings. The molecule has 4 rings (SSSR count). The quantitative estimate of drug-likeness (QED) is 0.692. The smallest absolute Gasteiger partial charge is 0.179 e. The zero-order valence-electron chi connectivity index (χ0n) is 14.4. The van der Waals surface area contributed by atoms with Crippen molar-refractivity contribution < 1.29 is 9.47 Å². The third kappa shape index (κ3) is 3.32. The number of ether oxygens (including phenoxy) is 2. The normalized spacial score (nSPS) is 14.8. The van der Waals surface area contributed by atoms with Gasteiger partial charge < -0.3 is 9.47 Å². The molecule has 1 aliphatic heterocycles. The fraction of sp³-hybridized carbons (Fsp3) is 0.368. The SMILES string of the molecule is COC(C)c1nc(-c2ccc3c(c2)CCCO3)n(Cc2cccs2)n1. The number of hydrogen-bond donors (Lipinski definition) is 0. The molecule has 1 aliphatic rings. The summed E-state index contributed by atoms with van der Waals surface area (Å²) in [6.07, 6.45) is 1.97. The maximum atomic E-state index is 5.73. The van der Waals surface area contributed by atoms with E-state index in [0.717, 1.165) is 36.6 Å². The highest BCUT2D eigenvalue weighted by atomic mass is 32.1. The van der Waals surface area contributed by atoms with E-state index in [2.05, 4.69) is 29.6 Å². The maximum Gasteiger partial charge on any atom is 0.179 e. The Morgan fingerprint density at radius 2 is 2.28 bits per heavy atom. The third-order valence-corrected chi connectivity index (χ3v) is 5.32. The van der Waals surface area contributed by atoms with Crippen molar-refractivity contribution in [3.8, 4) is 17.1 Å². The Balaban J connectivity index is 1.75. The first-order chi connectivity index (χ1) is 12.2. The van der Waals surface area contributed by atoms with Crippen LogP contribution >= 0.6 is 11.3 Å². The van der Waals surface area contributed by atoms with Crippen LogP contribution in [0.15, 0.2) is 35.7 Å². The van der Waals surface area contributed by atoms with Crippen LogP contribution in [0.1, 0.15) is 35.7 Å². The molecule has 0 spiro atoms. The van der Waals surface area contributed by atoms with Crippen LogP contribution < -0.4 is 4.74 Å². The molecule has 0 aliphatic carbocycles. The highest BCUT2D eigenvalue weighted by Gasteiger charge is 2.19. The lowest BCUT2D eigenvalue weighted by Crippen LogP contribution is -2.09. The Hall–Kier alpha value is -2.18. The summed E-state index contributed by atoms with van der Waals surface area (Å²) in [5, 5.41) is 6.78. The van der Waals surface area contributed by atoms with E-state index in [4.69, 9.17) is 19.6 Å². The van der Waals surface area contributed by atoms with Gasteiger partial charge in [-0.05, 0) is 55.0 Å². The van der Waals surface area contributed by atoms with Gasteiger partial charge in [0.05, 0.1) is 13.2 Å². The van der Waals surface area contributed by atoms with Crippen LogP contribution in [0, 0.1) is 0 Å². The minimum atomic E-state index is -0.135. The zero-order chi connectivity index (χ0) is 17.2. The van der Waals surface area contributed by atoms with Crippen LogP contribution in [0.5, 0.6) is 5.75 Å². The number of methoxy groups -OCH3 is 1. The average Bonchev–Trinajstić information content (AvgIpc) is 3.31. The largest absolute Gasteiger partial charge is 0.493 e. The van der Waals surface area contributed by atoms with Crippen molar-refractivity contribution in [2.24, 2.45) is 0 Å². The number of nitrogens with zero attached hydrogens (tertiary/aromatic N) is 3. The molecule has 6 heteroatoms. The third-order valence-electron chi connectivity index (χ3n) is 4.46. The number of aryl methyl sites for hydroxylation is 1.